The van der Waals surface area contributed by atoms with Crippen LogP contribution >= 0.6 is 0 Å². The SMILES string of the molecule is Cn1cnnc1[C@@H](F)C1(c2cccc(N3Cc4c(cc(CN5CC6(CCO6)C5)cc4C(F)(F)F)C3=O)c2)COC1. The van der Waals surface area contributed by atoms with Crippen LogP contribution in [0.15, 0.2) is 42.7 Å². The lowest BCUT2D eigenvalue weighted by molar-refractivity contribution is -0.223. The molecule has 0 aliphatic carbocycles. The molecule has 4 aliphatic heterocycles. The zero-order valence-corrected chi connectivity index (χ0v) is 21.7. The Morgan fingerprint density at radius 2 is 1.93 bits per heavy atom. The van der Waals surface area contributed by atoms with E-state index in [4.69, 9.17) is 9.47 Å². The van der Waals surface area contributed by atoms with Crippen LogP contribution in [0.2, 0.25) is 0 Å². The molecule has 5 heterocycles. The van der Waals surface area contributed by atoms with Crippen molar-refractivity contribution in [2.45, 2.75) is 42.9 Å². The minimum absolute atomic E-state index is 0.0433. The first kappa shape index (κ1) is 25.6. The Morgan fingerprint density at radius 1 is 1.15 bits per heavy atom. The highest BCUT2D eigenvalue weighted by Crippen LogP contribution is 2.47. The van der Waals surface area contributed by atoms with Crippen LogP contribution in [0.3, 0.4) is 0 Å². The first-order valence-electron chi connectivity index (χ1n) is 13.2. The lowest BCUT2D eigenvalue weighted by Gasteiger charge is -2.55. The number of halogens is 4. The minimum atomic E-state index is -4.61. The Morgan fingerprint density at radius 3 is 2.52 bits per heavy atom. The van der Waals surface area contributed by atoms with E-state index < -0.39 is 29.2 Å². The number of likely N-dealkylation sites (tertiary alicyclic amines) is 1. The number of ether oxygens (including phenoxy) is 2. The highest BCUT2D eigenvalue weighted by molar-refractivity contribution is 6.10. The number of amides is 1. The van der Waals surface area contributed by atoms with Crippen LogP contribution in [0.4, 0.5) is 23.2 Å². The van der Waals surface area contributed by atoms with Crippen molar-refractivity contribution in [1.29, 1.82) is 0 Å². The molecule has 210 valence electrons. The van der Waals surface area contributed by atoms with Gasteiger partial charge in [-0.1, -0.05) is 12.1 Å². The fraction of sp³-hybridized carbons (Fsp3) is 0.464. The lowest BCUT2D eigenvalue weighted by Crippen LogP contribution is -2.67. The molecule has 3 aromatic rings. The van der Waals surface area contributed by atoms with E-state index >= 15 is 4.39 Å². The Labute approximate surface area is 227 Å². The Bertz CT molecular complexity index is 1490. The molecule has 1 atom stereocenters. The summed E-state index contributed by atoms with van der Waals surface area (Å²) in [4.78, 5) is 16.9. The van der Waals surface area contributed by atoms with Gasteiger partial charge in [-0.2, -0.15) is 13.2 Å². The summed E-state index contributed by atoms with van der Waals surface area (Å²) in [5.74, 6) is -0.358. The molecule has 8 nitrogen and oxygen atoms in total. The zero-order valence-electron chi connectivity index (χ0n) is 21.7. The van der Waals surface area contributed by atoms with Gasteiger partial charge in [0.25, 0.3) is 5.91 Å². The number of rotatable bonds is 6. The van der Waals surface area contributed by atoms with Gasteiger partial charge >= 0.3 is 6.18 Å². The summed E-state index contributed by atoms with van der Waals surface area (Å²) in [7, 11) is 1.65. The molecule has 4 aliphatic rings. The van der Waals surface area contributed by atoms with Crippen molar-refractivity contribution in [3.63, 3.8) is 0 Å². The maximum Gasteiger partial charge on any atom is 0.416 e. The second-order valence-corrected chi connectivity index (χ2v) is 11.3. The number of aromatic nitrogens is 3. The largest absolute Gasteiger partial charge is 0.416 e. The van der Waals surface area contributed by atoms with E-state index in [1.54, 1.807) is 37.4 Å². The highest BCUT2D eigenvalue weighted by Gasteiger charge is 2.51. The Kier molecular flexibility index (Phi) is 5.65. The summed E-state index contributed by atoms with van der Waals surface area (Å²) < 4.78 is 71.0. The molecule has 0 saturated carbocycles. The maximum atomic E-state index is 15.8. The number of hydrogen-bond donors (Lipinski definition) is 0. The number of carbonyl (C=O) groups excluding carboxylic acids is 1. The number of nitrogens with zero attached hydrogens (tertiary/aromatic N) is 5. The Balaban J connectivity index is 1.19. The fourth-order valence-corrected chi connectivity index (χ4v) is 6.33. The van der Waals surface area contributed by atoms with Gasteiger partial charge in [0.15, 0.2) is 12.0 Å². The zero-order chi connectivity index (χ0) is 27.9. The smallest absolute Gasteiger partial charge is 0.379 e. The molecule has 2 aromatic carbocycles. The van der Waals surface area contributed by atoms with E-state index in [-0.39, 0.29) is 42.3 Å². The monoisotopic (exact) mass is 557 g/mol. The molecule has 0 radical (unpaired) electrons. The van der Waals surface area contributed by atoms with Gasteiger partial charge < -0.3 is 18.9 Å². The topological polar surface area (TPSA) is 72.7 Å². The van der Waals surface area contributed by atoms with Gasteiger partial charge in [-0.15, -0.1) is 10.2 Å². The van der Waals surface area contributed by atoms with Crippen molar-refractivity contribution in [2.24, 2.45) is 7.05 Å². The standard InChI is InChI=1S/C28H27F4N5O3/c1-35-16-33-34-24(35)23(29)27(14-39-15-27)18-3-2-4-19(9-18)37-11-21-20(25(37)38)7-17(8-22(21)28(30,31)32)10-36-12-26(13-36)5-6-40-26/h2-4,7-9,16,23H,5-6,10-15H2,1H3/t23-/m1/s1. The van der Waals surface area contributed by atoms with Crippen LogP contribution in [0.1, 0.15) is 51.0 Å². The number of anilines is 1. The summed E-state index contributed by atoms with van der Waals surface area (Å²) >= 11 is 0. The van der Waals surface area contributed by atoms with Gasteiger partial charge in [0, 0.05) is 44.4 Å². The first-order chi connectivity index (χ1) is 19.1. The number of aryl methyl sites for hydroxylation is 1. The van der Waals surface area contributed by atoms with Crippen molar-refractivity contribution >= 4 is 11.6 Å². The second-order valence-electron chi connectivity index (χ2n) is 11.3. The van der Waals surface area contributed by atoms with E-state index in [1.165, 1.54) is 15.8 Å². The Hall–Kier alpha value is -3.35. The normalized spacial score (nSPS) is 22.0. The van der Waals surface area contributed by atoms with Gasteiger partial charge in [0.05, 0.1) is 42.9 Å². The summed E-state index contributed by atoms with van der Waals surface area (Å²) in [5.41, 5.74) is -0.553. The molecule has 3 saturated heterocycles. The summed E-state index contributed by atoms with van der Waals surface area (Å²) in [6.45, 7) is 2.36. The summed E-state index contributed by atoms with van der Waals surface area (Å²) in [6, 6.07) is 9.49. The van der Waals surface area contributed by atoms with E-state index in [0.29, 0.717) is 36.4 Å². The fourth-order valence-electron chi connectivity index (χ4n) is 6.33. The minimum Gasteiger partial charge on any atom is -0.379 e. The number of alkyl halides is 4. The van der Waals surface area contributed by atoms with Crippen LogP contribution in [0, 0.1) is 0 Å². The number of hydrogen-bond acceptors (Lipinski definition) is 6. The van der Waals surface area contributed by atoms with E-state index in [2.05, 4.69) is 10.2 Å². The van der Waals surface area contributed by atoms with Gasteiger partial charge in [-0.3, -0.25) is 9.69 Å². The molecule has 3 fully saturated rings. The molecular formula is C28H27F4N5O3. The first-order valence-corrected chi connectivity index (χ1v) is 13.2. The third-order valence-corrected chi connectivity index (χ3v) is 8.71. The predicted molar refractivity (Wildman–Crippen MR) is 134 cm³/mol. The van der Waals surface area contributed by atoms with Crippen LogP contribution in [-0.2, 0) is 41.2 Å². The van der Waals surface area contributed by atoms with Crippen LogP contribution in [-0.4, -0.2) is 64.1 Å². The quantitative estimate of drug-likeness (QED) is 0.428. The predicted octanol–water partition coefficient (Wildman–Crippen LogP) is 3.95. The molecular weight excluding hydrogens is 530 g/mol. The second kappa shape index (κ2) is 8.82. The molecule has 0 N–H and O–H groups in total. The molecule has 7 rings (SSSR count). The molecule has 12 heteroatoms. The van der Waals surface area contributed by atoms with Crippen LogP contribution < -0.4 is 4.90 Å². The van der Waals surface area contributed by atoms with Gasteiger partial charge in [-0.25, -0.2) is 4.39 Å². The molecule has 0 bridgehead atoms. The maximum absolute atomic E-state index is 15.8. The molecule has 40 heavy (non-hydrogen) atoms. The number of fused-ring (bicyclic) bond motifs is 1. The van der Waals surface area contributed by atoms with Crippen molar-refractivity contribution in [1.82, 2.24) is 19.7 Å². The molecule has 0 unspecified atom stereocenters. The van der Waals surface area contributed by atoms with Gasteiger partial charge in [0.2, 0.25) is 0 Å². The van der Waals surface area contributed by atoms with Crippen molar-refractivity contribution in [2.75, 3.05) is 37.8 Å². The summed E-state index contributed by atoms with van der Waals surface area (Å²) in [5, 5.41) is 7.69. The van der Waals surface area contributed by atoms with E-state index in [1.807, 2.05) is 4.90 Å². The molecule has 1 amide bonds. The van der Waals surface area contributed by atoms with Gasteiger partial charge in [0.1, 0.15) is 6.33 Å². The average molecular weight is 558 g/mol. The average Bonchev–Trinajstić information content (AvgIpc) is 3.41. The van der Waals surface area contributed by atoms with E-state index in [0.717, 1.165) is 19.1 Å². The van der Waals surface area contributed by atoms with Crippen LogP contribution in [0.5, 0.6) is 0 Å². The molecule has 1 spiro atoms. The number of carbonyl (C=O) groups is 1. The third-order valence-electron chi connectivity index (χ3n) is 8.71. The lowest BCUT2D eigenvalue weighted by atomic mass is 9.74. The highest BCUT2D eigenvalue weighted by atomic mass is 19.4. The number of benzene rings is 2. The van der Waals surface area contributed by atoms with Crippen molar-refractivity contribution < 1.29 is 31.8 Å². The molecule has 1 aromatic heterocycles. The van der Waals surface area contributed by atoms with Crippen LogP contribution in [0.25, 0.3) is 0 Å². The van der Waals surface area contributed by atoms with Crippen molar-refractivity contribution in [3.8, 4) is 0 Å². The van der Waals surface area contributed by atoms with E-state index in [9.17, 15) is 18.0 Å². The summed E-state index contributed by atoms with van der Waals surface area (Å²) in [6.07, 6.45) is -3.76. The van der Waals surface area contributed by atoms with Gasteiger partial charge in [-0.05, 0) is 41.0 Å². The van der Waals surface area contributed by atoms with Crippen molar-refractivity contribution in [3.05, 3.63) is 76.4 Å². The third kappa shape index (κ3) is 3.87.